The zero-order chi connectivity index (χ0) is 60.5. The minimum absolute atomic E-state index is 0. The van der Waals surface area contributed by atoms with Gasteiger partial charge in [0, 0.05) is 33.4 Å². The summed E-state index contributed by atoms with van der Waals surface area (Å²) in [5, 5.41) is 0. The molecule has 0 saturated heterocycles. The average Bonchev–Trinajstić information content (AvgIpc) is 3.12. The van der Waals surface area contributed by atoms with E-state index in [1.54, 1.807) is 0 Å². The minimum Gasteiger partial charge on any atom is -0.180 e. The van der Waals surface area contributed by atoms with E-state index in [2.05, 4.69) is 177 Å². The largest absolute Gasteiger partial charge is 1.00 e. The third-order valence-electron chi connectivity index (χ3n) is 17.0. The van der Waals surface area contributed by atoms with E-state index < -0.39 is 8.07 Å². The Kier molecular flexibility index (Phi) is 40.8. The van der Waals surface area contributed by atoms with Crippen LogP contribution in [0.3, 0.4) is 0 Å². The fraction of sp³-hybridized carbons (Fsp3) is 0.614. The molecule has 0 N–H and O–H groups in total. The van der Waals surface area contributed by atoms with Crippen LogP contribution in [-0.4, -0.2) is 8.07 Å². The van der Waals surface area contributed by atoms with Crippen molar-refractivity contribution in [2.75, 3.05) is 0 Å². The van der Waals surface area contributed by atoms with Crippen LogP contribution in [0.1, 0.15) is 344 Å². The van der Waals surface area contributed by atoms with Crippen molar-refractivity contribution in [3.05, 3.63) is 138 Å². The van der Waals surface area contributed by atoms with Crippen molar-refractivity contribution < 1.29 is 18.9 Å². The molecule has 0 aliphatic carbocycles. The van der Waals surface area contributed by atoms with Gasteiger partial charge in [0.1, 0.15) is 8.07 Å². The van der Waals surface area contributed by atoms with Gasteiger partial charge in [-0.3, -0.25) is 0 Å². The summed E-state index contributed by atoms with van der Waals surface area (Å²) in [4.78, 5) is 0. The first-order chi connectivity index (χ1) is 41.0. The molecule has 0 saturated carbocycles. The van der Waals surface area contributed by atoms with Gasteiger partial charge < -0.3 is 0 Å². The number of hydrogen-bond acceptors (Lipinski definition) is 0. The quantitative estimate of drug-likeness (QED) is 0.0180. The van der Waals surface area contributed by atoms with Crippen LogP contribution in [0.5, 0.6) is 0 Å². The monoisotopic (exact) mass is 1150 g/mol. The second kappa shape index (κ2) is 46.1. The van der Waals surface area contributed by atoms with E-state index in [-0.39, 0.29) is 18.9 Å². The van der Waals surface area contributed by atoms with Crippen molar-refractivity contribution >= 4 is 8.07 Å². The average molecular weight is 1150 g/mol. The van der Waals surface area contributed by atoms with Crippen molar-refractivity contribution in [3.8, 4) is 47.0 Å². The summed E-state index contributed by atoms with van der Waals surface area (Å²) >= 11 is 0. The maximum absolute atomic E-state index is 3.96. The molecular formula is C83H121LiSi. The predicted molar refractivity (Wildman–Crippen MR) is 376 cm³/mol. The first-order valence-corrected chi connectivity index (χ1v) is 39.1. The van der Waals surface area contributed by atoms with Gasteiger partial charge in [-0.25, -0.2) is 0 Å². The molecule has 0 atom stereocenters. The van der Waals surface area contributed by atoms with E-state index in [9.17, 15) is 0 Å². The van der Waals surface area contributed by atoms with E-state index in [1.807, 2.05) is 0 Å². The third-order valence-corrected chi connectivity index (χ3v) is 17.9. The van der Waals surface area contributed by atoms with Gasteiger partial charge in [0.05, 0.1) is 0 Å². The summed E-state index contributed by atoms with van der Waals surface area (Å²) in [6.07, 6.45) is 48.2. The van der Waals surface area contributed by atoms with E-state index in [0.29, 0.717) is 0 Å². The van der Waals surface area contributed by atoms with E-state index in [4.69, 9.17) is 0 Å². The first-order valence-electron chi connectivity index (χ1n) is 35.6. The van der Waals surface area contributed by atoms with Crippen molar-refractivity contribution in [3.63, 3.8) is 0 Å². The van der Waals surface area contributed by atoms with Crippen LogP contribution in [0.15, 0.2) is 48.5 Å². The molecule has 0 aromatic heterocycles. The van der Waals surface area contributed by atoms with Gasteiger partial charge in [-0.05, 0) is 147 Å². The predicted octanol–water partition coefficient (Wildman–Crippen LogP) is 20.9. The standard InChI is InChI=1S/C83H121Si.Li/c1-12-20-28-36-44-69-52-53-70(45-37-29-21-13-2)77(62-69)54-55-78-63-72(47-39-31-23-15-4)79(64-71(78)46-38-30-22-14-3)56-57-80-65-74(49-41-33-25-17-6)81(66-73(80)48-40-32-24-16-5)58-59-82-67-76(51-43-35-27-19-8)83(60-61-84(9,10)11)68-75(82)50-42-34-26-18-7;/h53,62-68H,12-51H2,1-11H3;/q-1;+1. The summed E-state index contributed by atoms with van der Waals surface area (Å²) in [5.74, 6) is 27.3. The molecule has 0 fully saturated rings. The van der Waals surface area contributed by atoms with Gasteiger partial charge in [0.25, 0.3) is 0 Å². The van der Waals surface area contributed by atoms with Crippen molar-refractivity contribution in [2.45, 2.75) is 332 Å². The summed E-state index contributed by atoms with van der Waals surface area (Å²) in [7, 11) is -1.56. The molecule has 0 heterocycles. The smallest absolute Gasteiger partial charge is 0.180 e. The summed E-state index contributed by atoms with van der Waals surface area (Å²) in [5.41, 5.74) is 23.3. The van der Waals surface area contributed by atoms with Crippen LogP contribution in [0.4, 0.5) is 0 Å². The number of unbranched alkanes of at least 4 members (excludes halogenated alkanes) is 24. The summed E-state index contributed by atoms with van der Waals surface area (Å²) < 4.78 is 0. The molecule has 85 heavy (non-hydrogen) atoms. The van der Waals surface area contributed by atoms with Gasteiger partial charge >= 0.3 is 18.9 Å². The molecule has 458 valence electrons. The Balaban J connectivity index is 0.0000189. The van der Waals surface area contributed by atoms with Gasteiger partial charge in [0.15, 0.2) is 0 Å². The molecule has 0 unspecified atom stereocenters. The van der Waals surface area contributed by atoms with Crippen LogP contribution in [0.25, 0.3) is 0 Å². The Bertz CT molecular complexity index is 2750. The second-order valence-electron chi connectivity index (χ2n) is 26.1. The fourth-order valence-electron chi connectivity index (χ4n) is 11.6. The van der Waals surface area contributed by atoms with E-state index >= 15 is 0 Å². The van der Waals surface area contributed by atoms with Gasteiger partial charge in [0.2, 0.25) is 0 Å². The van der Waals surface area contributed by atoms with Crippen LogP contribution in [0.2, 0.25) is 19.6 Å². The molecule has 4 rings (SSSR count). The SMILES string of the molecule is CCCCCCc1[c-]cc(CCCCCC)c(C#Cc2cc(CCCCCC)c(C#Cc3cc(CCCCCC)c(C#Cc4cc(CCCCCC)c(C#C[Si](C)(C)C)cc4CCCCCC)cc3CCCCCC)cc2CCCCCC)c1.[Li+]. The molecular weight excluding hydrogens is 1030 g/mol. The zero-order valence-corrected chi connectivity index (χ0v) is 58.4. The number of rotatable bonds is 40. The maximum atomic E-state index is 3.96. The molecule has 0 aliphatic heterocycles. The van der Waals surface area contributed by atoms with Gasteiger partial charge in [-0.1, -0.05) is 302 Å². The molecule has 0 radical (unpaired) electrons. The molecule has 2 heteroatoms. The second-order valence-corrected chi connectivity index (χ2v) is 30.9. The zero-order valence-electron chi connectivity index (χ0n) is 57.4. The van der Waals surface area contributed by atoms with Crippen LogP contribution < -0.4 is 18.9 Å². The van der Waals surface area contributed by atoms with Crippen LogP contribution >= 0.6 is 0 Å². The van der Waals surface area contributed by atoms with Crippen molar-refractivity contribution in [2.24, 2.45) is 0 Å². The fourth-order valence-corrected chi connectivity index (χ4v) is 12.1. The van der Waals surface area contributed by atoms with Gasteiger partial charge in [-0.15, -0.1) is 11.1 Å². The Morgan fingerprint density at radius 2 is 0.471 bits per heavy atom. The Hall–Kier alpha value is -4.07. The molecule has 0 nitrogen and oxygen atoms in total. The molecule has 4 aromatic rings. The number of hydrogen-bond donors (Lipinski definition) is 0. The van der Waals surface area contributed by atoms with Crippen LogP contribution in [0, 0.1) is 53.1 Å². The van der Waals surface area contributed by atoms with Crippen molar-refractivity contribution in [1.29, 1.82) is 0 Å². The van der Waals surface area contributed by atoms with Crippen molar-refractivity contribution in [1.82, 2.24) is 0 Å². The molecule has 0 bridgehead atoms. The Morgan fingerprint density at radius 1 is 0.259 bits per heavy atom. The molecule has 4 aromatic carbocycles. The summed E-state index contributed by atoms with van der Waals surface area (Å²) in [6.45, 7) is 25.6. The number of aryl methyl sites for hydroxylation is 8. The normalized spacial score (nSPS) is 11.0. The topological polar surface area (TPSA) is 0 Å². The molecule has 0 amide bonds. The Morgan fingerprint density at radius 3 is 0.706 bits per heavy atom. The molecule has 0 aliphatic rings. The van der Waals surface area contributed by atoms with Gasteiger partial charge in [-0.2, -0.15) is 23.8 Å². The number of benzene rings is 4. The van der Waals surface area contributed by atoms with E-state index in [0.717, 1.165) is 51.4 Å². The maximum Gasteiger partial charge on any atom is 1.00 e. The first kappa shape index (κ1) is 75.2. The summed E-state index contributed by atoms with van der Waals surface area (Å²) in [6, 6.07) is 23.3. The minimum atomic E-state index is -1.56. The molecule has 0 spiro atoms. The van der Waals surface area contributed by atoms with E-state index in [1.165, 1.54) is 289 Å². The Labute approximate surface area is 540 Å². The van der Waals surface area contributed by atoms with Crippen LogP contribution in [-0.2, 0) is 51.4 Å². The third kappa shape index (κ3) is 30.6.